The zero-order valence-electron chi connectivity index (χ0n) is 15.8. The van der Waals surface area contributed by atoms with Crippen molar-refractivity contribution in [2.75, 3.05) is 59.2 Å². The zero-order chi connectivity index (χ0) is 18.0. The summed E-state index contributed by atoms with van der Waals surface area (Å²) < 4.78 is 11.2. The number of aliphatic imine (C=N–C) groups is 1. The SMILES string of the molecule is CCNC(=NCC(C1CCOC1)N1CCOCC1)NCCc1cccs1. The van der Waals surface area contributed by atoms with Crippen molar-refractivity contribution in [1.29, 1.82) is 0 Å². The third-order valence-corrected chi connectivity index (χ3v) is 5.98. The first-order chi connectivity index (χ1) is 12.9. The average Bonchev–Trinajstić information content (AvgIpc) is 3.37. The lowest BCUT2D eigenvalue weighted by Crippen LogP contribution is -2.49. The highest BCUT2D eigenvalue weighted by molar-refractivity contribution is 7.09. The molecule has 0 spiro atoms. The van der Waals surface area contributed by atoms with E-state index in [0.717, 1.165) is 78.0 Å². The molecule has 2 atom stereocenters. The van der Waals surface area contributed by atoms with Crippen molar-refractivity contribution >= 4 is 17.3 Å². The third-order valence-electron chi connectivity index (χ3n) is 5.05. The second kappa shape index (κ2) is 10.9. The molecule has 7 heteroatoms. The van der Waals surface area contributed by atoms with E-state index < -0.39 is 0 Å². The van der Waals surface area contributed by atoms with Crippen LogP contribution in [0.2, 0.25) is 0 Å². The fourth-order valence-corrected chi connectivity index (χ4v) is 4.32. The highest BCUT2D eigenvalue weighted by atomic mass is 32.1. The van der Waals surface area contributed by atoms with Crippen LogP contribution in [0.15, 0.2) is 22.5 Å². The number of ether oxygens (including phenoxy) is 2. The van der Waals surface area contributed by atoms with E-state index in [0.29, 0.717) is 12.0 Å². The van der Waals surface area contributed by atoms with Crippen LogP contribution in [0, 0.1) is 5.92 Å². The first-order valence-corrected chi connectivity index (χ1v) is 10.7. The van der Waals surface area contributed by atoms with Crippen LogP contribution in [0.1, 0.15) is 18.2 Å². The van der Waals surface area contributed by atoms with Gasteiger partial charge in [-0.2, -0.15) is 0 Å². The van der Waals surface area contributed by atoms with Gasteiger partial charge in [-0.25, -0.2) is 0 Å². The molecule has 0 saturated carbocycles. The van der Waals surface area contributed by atoms with Crippen LogP contribution in [-0.4, -0.2) is 76.1 Å². The predicted octanol–water partition coefficient (Wildman–Crippen LogP) is 1.58. The maximum atomic E-state index is 5.65. The van der Waals surface area contributed by atoms with Crippen LogP contribution in [-0.2, 0) is 15.9 Å². The quantitative estimate of drug-likeness (QED) is 0.530. The van der Waals surface area contributed by atoms with E-state index in [1.165, 1.54) is 4.88 Å². The average molecular weight is 381 g/mol. The standard InChI is InChI=1S/C19H32N4O2S/c1-2-20-19(21-7-5-17-4-3-13-26-17)22-14-18(16-6-10-25-15-16)23-8-11-24-12-9-23/h3-4,13,16,18H,2,5-12,14-15H2,1H3,(H2,20,21,22). The fraction of sp³-hybridized carbons (Fsp3) is 0.737. The number of hydrogen-bond donors (Lipinski definition) is 2. The molecule has 1 aromatic rings. The summed E-state index contributed by atoms with van der Waals surface area (Å²) in [6, 6.07) is 4.73. The van der Waals surface area contributed by atoms with Crippen LogP contribution >= 0.6 is 11.3 Å². The van der Waals surface area contributed by atoms with E-state index in [9.17, 15) is 0 Å². The fourth-order valence-electron chi connectivity index (χ4n) is 3.61. The van der Waals surface area contributed by atoms with E-state index >= 15 is 0 Å². The molecule has 26 heavy (non-hydrogen) atoms. The Hall–Kier alpha value is -1.15. The molecule has 0 aromatic carbocycles. The summed E-state index contributed by atoms with van der Waals surface area (Å²) in [5, 5.41) is 8.99. The first kappa shape index (κ1) is 19.6. The molecule has 3 rings (SSSR count). The molecule has 2 saturated heterocycles. The molecule has 0 amide bonds. The highest BCUT2D eigenvalue weighted by Gasteiger charge is 2.31. The summed E-state index contributed by atoms with van der Waals surface area (Å²) in [6.45, 7) is 10.1. The van der Waals surface area contributed by atoms with Crippen LogP contribution in [0.4, 0.5) is 0 Å². The molecule has 2 aliphatic heterocycles. The van der Waals surface area contributed by atoms with Crippen molar-refractivity contribution in [1.82, 2.24) is 15.5 Å². The van der Waals surface area contributed by atoms with Crippen LogP contribution in [0.5, 0.6) is 0 Å². The molecular formula is C19H32N4O2S. The number of guanidine groups is 1. The number of nitrogens with zero attached hydrogens (tertiary/aromatic N) is 2. The Labute approximate surface area is 161 Å². The van der Waals surface area contributed by atoms with Crippen molar-refractivity contribution in [3.8, 4) is 0 Å². The van der Waals surface area contributed by atoms with E-state index in [4.69, 9.17) is 14.5 Å². The maximum Gasteiger partial charge on any atom is 0.191 e. The predicted molar refractivity (Wildman–Crippen MR) is 107 cm³/mol. The summed E-state index contributed by atoms with van der Waals surface area (Å²) in [5.74, 6) is 1.49. The second-order valence-corrected chi connectivity index (χ2v) is 7.85. The normalized spacial score (nSPS) is 23.1. The van der Waals surface area contributed by atoms with Gasteiger partial charge in [0.25, 0.3) is 0 Å². The number of nitrogens with one attached hydrogen (secondary N) is 2. The summed E-state index contributed by atoms with van der Waals surface area (Å²) >= 11 is 1.81. The first-order valence-electron chi connectivity index (χ1n) is 9.81. The van der Waals surface area contributed by atoms with Crippen molar-refractivity contribution in [2.24, 2.45) is 10.9 Å². The monoisotopic (exact) mass is 380 g/mol. The Bertz CT molecular complexity index is 526. The number of thiophene rings is 1. The van der Waals surface area contributed by atoms with Gasteiger partial charge in [0.2, 0.25) is 0 Å². The van der Waals surface area contributed by atoms with Crippen molar-refractivity contribution < 1.29 is 9.47 Å². The van der Waals surface area contributed by atoms with E-state index in [1.54, 1.807) is 0 Å². The Morgan fingerprint density at radius 3 is 2.88 bits per heavy atom. The van der Waals surface area contributed by atoms with E-state index in [2.05, 4.69) is 40.0 Å². The Balaban J connectivity index is 1.56. The lowest BCUT2D eigenvalue weighted by atomic mass is 9.97. The van der Waals surface area contributed by atoms with Gasteiger partial charge < -0.3 is 20.1 Å². The smallest absolute Gasteiger partial charge is 0.191 e. The number of rotatable bonds is 8. The van der Waals surface area contributed by atoms with Crippen LogP contribution < -0.4 is 10.6 Å². The van der Waals surface area contributed by atoms with E-state index in [1.807, 2.05) is 11.3 Å². The largest absolute Gasteiger partial charge is 0.381 e. The van der Waals surface area contributed by atoms with Crippen LogP contribution in [0.25, 0.3) is 0 Å². The minimum atomic E-state index is 0.439. The molecule has 0 radical (unpaired) electrons. The van der Waals surface area contributed by atoms with Gasteiger partial charge >= 0.3 is 0 Å². The molecule has 1 aromatic heterocycles. The van der Waals surface area contributed by atoms with E-state index in [-0.39, 0.29) is 0 Å². The van der Waals surface area contributed by atoms with Gasteiger partial charge in [0.05, 0.1) is 26.4 Å². The third kappa shape index (κ3) is 5.94. The van der Waals surface area contributed by atoms with Gasteiger partial charge in [-0.05, 0) is 31.2 Å². The molecular weight excluding hydrogens is 348 g/mol. The highest BCUT2D eigenvalue weighted by Crippen LogP contribution is 2.22. The molecule has 2 N–H and O–H groups in total. The number of hydrogen-bond acceptors (Lipinski definition) is 5. The van der Waals surface area contributed by atoms with Crippen molar-refractivity contribution in [3.05, 3.63) is 22.4 Å². The molecule has 0 aliphatic carbocycles. The zero-order valence-corrected chi connectivity index (χ0v) is 16.6. The summed E-state index contributed by atoms with van der Waals surface area (Å²) in [4.78, 5) is 8.86. The lowest BCUT2D eigenvalue weighted by molar-refractivity contribution is 0.00368. The minimum absolute atomic E-state index is 0.439. The van der Waals surface area contributed by atoms with Gasteiger partial charge in [0.1, 0.15) is 0 Å². The molecule has 2 unspecified atom stereocenters. The molecule has 146 valence electrons. The van der Waals surface area contributed by atoms with Gasteiger partial charge in [-0.3, -0.25) is 9.89 Å². The van der Waals surface area contributed by atoms with Gasteiger partial charge in [-0.1, -0.05) is 6.07 Å². The molecule has 0 bridgehead atoms. The van der Waals surface area contributed by atoms with Crippen LogP contribution in [0.3, 0.4) is 0 Å². The molecule has 6 nitrogen and oxygen atoms in total. The topological polar surface area (TPSA) is 58.1 Å². The summed E-state index contributed by atoms with van der Waals surface area (Å²) in [5.41, 5.74) is 0. The molecule has 3 heterocycles. The maximum absolute atomic E-state index is 5.65. The number of morpholine rings is 1. The van der Waals surface area contributed by atoms with Gasteiger partial charge in [0, 0.05) is 49.6 Å². The van der Waals surface area contributed by atoms with Gasteiger partial charge in [-0.15, -0.1) is 11.3 Å². The summed E-state index contributed by atoms with van der Waals surface area (Å²) in [6.07, 6.45) is 2.17. The van der Waals surface area contributed by atoms with Crippen molar-refractivity contribution in [3.63, 3.8) is 0 Å². The summed E-state index contributed by atoms with van der Waals surface area (Å²) in [7, 11) is 0. The minimum Gasteiger partial charge on any atom is -0.381 e. The second-order valence-electron chi connectivity index (χ2n) is 6.82. The molecule has 2 aliphatic rings. The van der Waals surface area contributed by atoms with Crippen molar-refractivity contribution in [2.45, 2.75) is 25.8 Å². The molecule has 2 fully saturated rings. The Kier molecular flexibility index (Phi) is 8.20. The Morgan fingerprint density at radius 1 is 1.31 bits per heavy atom. The lowest BCUT2D eigenvalue weighted by Gasteiger charge is -2.36. The Morgan fingerprint density at radius 2 is 2.19 bits per heavy atom. The van der Waals surface area contributed by atoms with Gasteiger partial charge in [0.15, 0.2) is 5.96 Å².